The molecule has 1 N–H and O–H groups in total. The Bertz CT molecular complexity index is 412. The van der Waals surface area contributed by atoms with Gasteiger partial charge < -0.3 is 0 Å². The number of aromatic amines is 1. The molecule has 0 saturated carbocycles. The van der Waals surface area contributed by atoms with Crippen molar-refractivity contribution >= 4 is 27.5 Å². The van der Waals surface area contributed by atoms with Crippen molar-refractivity contribution in [3.05, 3.63) is 40.1 Å². The van der Waals surface area contributed by atoms with Crippen LogP contribution in [-0.4, -0.2) is 10.2 Å². The molecule has 0 aliphatic heterocycles. The van der Waals surface area contributed by atoms with Gasteiger partial charge in [0, 0.05) is 26.8 Å². The highest BCUT2D eigenvalue weighted by molar-refractivity contribution is 9.10. The molecule has 0 amide bonds. The van der Waals surface area contributed by atoms with E-state index in [9.17, 15) is 0 Å². The van der Waals surface area contributed by atoms with Crippen molar-refractivity contribution in [1.29, 1.82) is 0 Å². The summed E-state index contributed by atoms with van der Waals surface area (Å²) in [6, 6.07) is 5.66. The zero-order valence-corrected chi connectivity index (χ0v) is 8.93. The molecule has 2 nitrogen and oxygen atoms in total. The Morgan fingerprint density at radius 3 is 2.92 bits per heavy atom. The van der Waals surface area contributed by atoms with Gasteiger partial charge in [0.1, 0.15) is 0 Å². The number of rotatable bonds is 1. The summed E-state index contributed by atoms with van der Waals surface area (Å²) in [5, 5.41) is 7.36. The smallest absolute Gasteiger partial charge is 0.0566 e. The SMILES string of the molecule is Clc1ccc(Br)c(-c2cn[nH]c2)c1. The maximum Gasteiger partial charge on any atom is 0.0566 e. The number of halogens is 2. The lowest BCUT2D eigenvalue weighted by Gasteiger charge is -2.00. The number of hydrogen-bond acceptors (Lipinski definition) is 1. The van der Waals surface area contributed by atoms with Crippen molar-refractivity contribution in [2.45, 2.75) is 0 Å². The molecule has 0 atom stereocenters. The maximum absolute atomic E-state index is 5.88. The van der Waals surface area contributed by atoms with Crippen LogP contribution in [-0.2, 0) is 0 Å². The van der Waals surface area contributed by atoms with E-state index in [1.54, 1.807) is 6.20 Å². The first kappa shape index (κ1) is 8.78. The van der Waals surface area contributed by atoms with E-state index >= 15 is 0 Å². The lowest BCUT2D eigenvalue weighted by atomic mass is 10.1. The van der Waals surface area contributed by atoms with E-state index < -0.39 is 0 Å². The quantitative estimate of drug-likeness (QED) is 0.832. The van der Waals surface area contributed by atoms with Crippen LogP contribution in [0.1, 0.15) is 0 Å². The highest BCUT2D eigenvalue weighted by Crippen LogP contribution is 2.29. The van der Waals surface area contributed by atoms with Crippen LogP contribution in [0.2, 0.25) is 5.02 Å². The minimum absolute atomic E-state index is 0.722. The number of nitrogens with one attached hydrogen (secondary N) is 1. The molecule has 0 bridgehead atoms. The number of benzene rings is 1. The molecule has 0 unspecified atom stereocenters. The van der Waals surface area contributed by atoms with Gasteiger partial charge in [0.25, 0.3) is 0 Å². The number of nitrogens with zero attached hydrogens (tertiary/aromatic N) is 1. The lowest BCUT2D eigenvalue weighted by molar-refractivity contribution is 1.09. The van der Waals surface area contributed by atoms with Crippen LogP contribution in [0.4, 0.5) is 0 Å². The average Bonchev–Trinajstić information content (AvgIpc) is 2.61. The normalized spacial score (nSPS) is 10.3. The Balaban J connectivity index is 2.57. The first-order valence-electron chi connectivity index (χ1n) is 3.71. The summed E-state index contributed by atoms with van der Waals surface area (Å²) >= 11 is 9.33. The van der Waals surface area contributed by atoms with Gasteiger partial charge >= 0.3 is 0 Å². The Morgan fingerprint density at radius 2 is 2.23 bits per heavy atom. The molecule has 0 fully saturated rings. The van der Waals surface area contributed by atoms with Crippen molar-refractivity contribution in [3.63, 3.8) is 0 Å². The molecule has 0 aliphatic rings. The van der Waals surface area contributed by atoms with Crippen molar-refractivity contribution in [2.75, 3.05) is 0 Å². The third kappa shape index (κ3) is 1.76. The maximum atomic E-state index is 5.88. The summed E-state index contributed by atoms with van der Waals surface area (Å²) in [4.78, 5) is 0. The molecule has 2 rings (SSSR count). The molecule has 1 aromatic heterocycles. The number of H-pyrrole nitrogens is 1. The lowest BCUT2D eigenvalue weighted by Crippen LogP contribution is -1.76. The van der Waals surface area contributed by atoms with Gasteiger partial charge in [-0.1, -0.05) is 27.5 Å². The molecule has 1 heterocycles. The second-order valence-electron chi connectivity index (χ2n) is 2.61. The number of hydrogen-bond donors (Lipinski definition) is 1. The Morgan fingerprint density at radius 1 is 1.38 bits per heavy atom. The molecular formula is C9H6BrClN2. The third-order valence-electron chi connectivity index (χ3n) is 1.74. The average molecular weight is 258 g/mol. The molecule has 0 spiro atoms. The zero-order valence-electron chi connectivity index (χ0n) is 6.59. The standard InChI is InChI=1S/C9H6BrClN2/c10-9-2-1-7(11)3-8(9)6-4-12-13-5-6/h1-5H,(H,12,13). The Hall–Kier alpha value is -0.800. The molecule has 2 aromatic rings. The van der Waals surface area contributed by atoms with Crippen LogP contribution < -0.4 is 0 Å². The molecule has 0 radical (unpaired) electrons. The monoisotopic (exact) mass is 256 g/mol. The first-order valence-corrected chi connectivity index (χ1v) is 4.88. The summed E-state index contributed by atoms with van der Waals surface area (Å²) in [7, 11) is 0. The summed E-state index contributed by atoms with van der Waals surface area (Å²) < 4.78 is 1.01. The molecule has 1 aromatic carbocycles. The van der Waals surface area contributed by atoms with Gasteiger partial charge in [-0.2, -0.15) is 5.10 Å². The predicted molar refractivity (Wildman–Crippen MR) is 56.7 cm³/mol. The van der Waals surface area contributed by atoms with Gasteiger partial charge in [0.15, 0.2) is 0 Å². The van der Waals surface area contributed by atoms with Crippen LogP contribution in [0.3, 0.4) is 0 Å². The van der Waals surface area contributed by atoms with Crippen LogP contribution in [0.15, 0.2) is 35.1 Å². The molecule has 66 valence electrons. The van der Waals surface area contributed by atoms with E-state index in [0.29, 0.717) is 0 Å². The van der Waals surface area contributed by atoms with Crippen LogP contribution in [0.5, 0.6) is 0 Å². The highest BCUT2D eigenvalue weighted by atomic mass is 79.9. The van der Waals surface area contributed by atoms with Gasteiger partial charge in [0.2, 0.25) is 0 Å². The largest absolute Gasteiger partial charge is 0.285 e. The predicted octanol–water partition coefficient (Wildman–Crippen LogP) is 3.49. The first-order chi connectivity index (χ1) is 6.27. The summed E-state index contributed by atoms with van der Waals surface area (Å²) in [6.45, 7) is 0. The van der Waals surface area contributed by atoms with Gasteiger partial charge in [-0.25, -0.2) is 0 Å². The van der Waals surface area contributed by atoms with Crippen molar-refractivity contribution < 1.29 is 0 Å². The Labute approximate surface area is 89.1 Å². The zero-order chi connectivity index (χ0) is 9.26. The van der Waals surface area contributed by atoms with Gasteiger partial charge in [-0.05, 0) is 18.2 Å². The van der Waals surface area contributed by atoms with E-state index in [4.69, 9.17) is 11.6 Å². The van der Waals surface area contributed by atoms with Gasteiger partial charge in [-0.15, -0.1) is 0 Å². The topological polar surface area (TPSA) is 28.7 Å². The van der Waals surface area contributed by atoms with Crippen molar-refractivity contribution in [1.82, 2.24) is 10.2 Å². The van der Waals surface area contributed by atoms with Crippen LogP contribution >= 0.6 is 27.5 Å². The summed E-state index contributed by atoms with van der Waals surface area (Å²) in [5.74, 6) is 0. The highest BCUT2D eigenvalue weighted by Gasteiger charge is 2.04. The fraction of sp³-hybridized carbons (Fsp3) is 0. The molecule has 0 aliphatic carbocycles. The van der Waals surface area contributed by atoms with E-state index in [-0.39, 0.29) is 0 Å². The van der Waals surface area contributed by atoms with Crippen molar-refractivity contribution in [3.8, 4) is 11.1 Å². The van der Waals surface area contributed by atoms with E-state index in [0.717, 1.165) is 20.6 Å². The Kier molecular flexibility index (Phi) is 2.38. The van der Waals surface area contributed by atoms with E-state index in [1.165, 1.54) is 0 Å². The molecule has 13 heavy (non-hydrogen) atoms. The minimum Gasteiger partial charge on any atom is -0.285 e. The van der Waals surface area contributed by atoms with Gasteiger partial charge in [0.05, 0.1) is 6.20 Å². The molecule has 4 heteroatoms. The molecule has 0 saturated heterocycles. The second-order valence-corrected chi connectivity index (χ2v) is 3.90. The van der Waals surface area contributed by atoms with Gasteiger partial charge in [-0.3, -0.25) is 5.10 Å². The summed E-state index contributed by atoms with van der Waals surface area (Å²) in [5.41, 5.74) is 2.07. The van der Waals surface area contributed by atoms with Crippen molar-refractivity contribution in [2.24, 2.45) is 0 Å². The van der Waals surface area contributed by atoms with E-state index in [2.05, 4.69) is 26.1 Å². The van der Waals surface area contributed by atoms with Crippen LogP contribution in [0, 0.1) is 0 Å². The fourth-order valence-electron chi connectivity index (χ4n) is 1.12. The number of aromatic nitrogens is 2. The fourth-order valence-corrected chi connectivity index (χ4v) is 1.76. The third-order valence-corrected chi connectivity index (χ3v) is 2.66. The second kappa shape index (κ2) is 3.52. The minimum atomic E-state index is 0.722. The van der Waals surface area contributed by atoms with E-state index in [1.807, 2.05) is 24.4 Å². The summed E-state index contributed by atoms with van der Waals surface area (Å²) in [6.07, 6.45) is 3.59. The molecular weight excluding hydrogens is 251 g/mol. The van der Waals surface area contributed by atoms with Crippen LogP contribution in [0.25, 0.3) is 11.1 Å².